The Morgan fingerprint density at radius 1 is 1.16 bits per heavy atom. The van der Waals surface area contributed by atoms with Crippen LogP contribution >= 0.6 is 0 Å². The molecule has 3 aliphatic rings. The van der Waals surface area contributed by atoms with E-state index in [1.54, 1.807) is 4.90 Å². The molecule has 2 aliphatic heterocycles. The molecule has 2 atom stereocenters. The quantitative estimate of drug-likeness (QED) is 0.278. The van der Waals surface area contributed by atoms with Gasteiger partial charge in [0, 0.05) is 23.6 Å². The summed E-state index contributed by atoms with van der Waals surface area (Å²) in [5, 5.41) is 6.11. The van der Waals surface area contributed by atoms with Gasteiger partial charge in [0.05, 0.1) is 25.4 Å². The van der Waals surface area contributed by atoms with Gasteiger partial charge in [-0.15, -0.1) is 0 Å². The molecule has 1 aromatic rings. The van der Waals surface area contributed by atoms with E-state index in [0.717, 1.165) is 36.1 Å². The van der Waals surface area contributed by atoms with Crippen molar-refractivity contribution in [1.82, 2.24) is 26.4 Å². The number of carbonyl (C=O) groups is 3. The maximum atomic E-state index is 13.6. The number of hydrazine groups is 1. The molecular formula is C28H43N5O4Si. The van der Waals surface area contributed by atoms with Crippen molar-refractivity contribution >= 4 is 26.0 Å². The average Bonchev–Trinajstić information content (AvgIpc) is 3.33. The van der Waals surface area contributed by atoms with Gasteiger partial charge < -0.3 is 25.7 Å². The SMILES string of the molecule is CCCC(=O)OC[C@@H](NC(=O)N1CC2=C(NNC2NC(=O)C2([Si](C)(C)C)CCC2)C1(C)C)c1ccccc1. The minimum atomic E-state index is -1.71. The van der Waals surface area contributed by atoms with Gasteiger partial charge in [-0.3, -0.25) is 9.59 Å². The van der Waals surface area contributed by atoms with Crippen molar-refractivity contribution in [2.75, 3.05) is 13.2 Å². The predicted molar refractivity (Wildman–Crippen MR) is 149 cm³/mol. The molecule has 1 aromatic carbocycles. The van der Waals surface area contributed by atoms with Crippen LogP contribution < -0.4 is 21.5 Å². The standard InChI is InChI=1S/C28H43N5O4Si/c1-7-12-22(34)37-18-21(19-13-9-8-10-14-19)29-26(36)33-17-20-23(27(33,2)3)31-32-24(20)30-25(35)28(15-11-16-28)38(4,5)6/h8-10,13-14,21,24,31-32H,7,11-12,15-18H2,1-6H3,(H,29,36)(H,30,35)/t21-,24?/m1/s1. The lowest BCUT2D eigenvalue weighted by atomic mass is 9.83. The second kappa shape index (κ2) is 10.7. The van der Waals surface area contributed by atoms with Crippen molar-refractivity contribution in [3.05, 3.63) is 47.2 Å². The van der Waals surface area contributed by atoms with Crippen LogP contribution in [0.4, 0.5) is 4.79 Å². The highest BCUT2D eigenvalue weighted by Gasteiger charge is 2.55. The van der Waals surface area contributed by atoms with Gasteiger partial charge in [0.2, 0.25) is 5.91 Å². The van der Waals surface area contributed by atoms with E-state index in [9.17, 15) is 14.4 Å². The molecule has 0 aromatic heterocycles. The fourth-order valence-electron chi connectivity index (χ4n) is 5.83. The lowest BCUT2D eigenvalue weighted by Crippen LogP contribution is -2.60. The van der Waals surface area contributed by atoms with Crippen LogP contribution in [0.15, 0.2) is 41.6 Å². The number of rotatable bonds is 9. The molecule has 0 radical (unpaired) electrons. The smallest absolute Gasteiger partial charge is 0.319 e. The molecule has 1 aliphatic carbocycles. The second-order valence-electron chi connectivity index (χ2n) is 12.3. The largest absolute Gasteiger partial charge is 0.463 e. The summed E-state index contributed by atoms with van der Waals surface area (Å²) < 4.78 is 5.48. The van der Waals surface area contributed by atoms with Crippen molar-refractivity contribution in [1.29, 1.82) is 0 Å². The number of carbonyl (C=O) groups excluding carboxylic acids is 3. The van der Waals surface area contributed by atoms with E-state index in [1.807, 2.05) is 51.1 Å². The minimum absolute atomic E-state index is 0.0628. The Kier molecular flexibility index (Phi) is 7.95. The van der Waals surface area contributed by atoms with Crippen LogP contribution in [0, 0.1) is 0 Å². The zero-order chi connectivity index (χ0) is 27.7. The first-order chi connectivity index (χ1) is 17.9. The Balaban J connectivity index is 1.46. The van der Waals surface area contributed by atoms with Crippen molar-refractivity contribution in [3.63, 3.8) is 0 Å². The van der Waals surface area contributed by atoms with Crippen LogP contribution in [0.1, 0.15) is 64.5 Å². The molecule has 0 spiro atoms. The zero-order valence-electron chi connectivity index (χ0n) is 23.6. The minimum Gasteiger partial charge on any atom is -0.463 e. The van der Waals surface area contributed by atoms with Gasteiger partial charge in [0.25, 0.3) is 0 Å². The molecule has 1 unspecified atom stereocenters. The maximum Gasteiger partial charge on any atom is 0.319 e. The van der Waals surface area contributed by atoms with Gasteiger partial charge in [-0.1, -0.05) is 63.3 Å². The first-order valence-corrected chi connectivity index (χ1v) is 17.3. The Labute approximate surface area is 227 Å². The van der Waals surface area contributed by atoms with E-state index in [4.69, 9.17) is 4.74 Å². The number of hydrogen-bond donors (Lipinski definition) is 4. The molecule has 2 heterocycles. The molecule has 9 nitrogen and oxygen atoms in total. The molecule has 4 N–H and O–H groups in total. The first-order valence-electron chi connectivity index (χ1n) is 13.8. The lowest BCUT2D eigenvalue weighted by molar-refractivity contribution is -0.144. The molecule has 0 saturated heterocycles. The van der Waals surface area contributed by atoms with E-state index >= 15 is 0 Å². The highest BCUT2D eigenvalue weighted by atomic mass is 28.3. The zero-order valence-corrected chi connectivity index (χ0v) is 24.6. The van der Waals surface area contributed by atoms with Crippen LogP contribution in [0.25, 0.3) is 0 Å². The van der Waals surface area contributed by atoms with Gasteiger partial charge in [0.1, 0.15) is 12.8 Å². The molecule has 3 amide bonds. The molecule has 10 heteroatoms. The highest BCUT2D eigenvalue weighted by Crippen LogP contribution is 2.55. The predicted octanol–water partition coefficient (Wildman–Crippen LogP) is 3.94. The van der Waals surface area contributed by atoms with E-state index in [1.165, 1.54) is 0 Å². The van der Waals surface area contributed by atoms with Gasteiger partial charge in [-0.05, 0) is 38.7 Å². The summed E-state index contributed by atoms with van der Waals surface area (Å²) in [4.78, 5) is 40.9. The number of esters is 1. The number of hydrogen-bond acceptors (Lipinski definition) is 6. The molecule has 38 heavy (non-hydrogen) atoms. The highest BCUT2D eigenvalue weighted by molar-refractivity contribution is 6.82. The van der Waals surface area contributed by atoms with Gasteiger partial charge >= 0.3 is 12.0 Å². The summed E-state index contributed by atoms with van der Waals surface area (Å²) >= 11 is 0. The molecule has 1 fully saturated rings. The van der Waals surface area contributed by atoms with Crippen molar-refractivity contribution < 1.29 is 19.1 Å². The fourth-order valence-corrected chi connectivity index (χ4v) is 8.43. The molecule has 4 rings (SSSR count). The molecule has 0 bridgehead atoms. The Hall–Kier alpha value is -2.85. The number of amides is 3. The van der Waals surface area contributed by atoms with Crippen LogP contribution in [0.2, 0.25) is 24.7 Å². The van der Waals surface area contributed by atoms with Crippen molar-refractivity contribution in [2.45, 2.75) is 95.3 Å². The van der Waals surface area contributed by atoms with Crippen LogP contribution in [0.5, 0.6) is 0 Å². The average molecular weight is 542 g/mol. The van der Waals surface area contributed by atoms with Gasteiger partial charge in [-0.25, -0.2) is 10.2 Å². The normalized spacial score (nSPS) is 22.2. The van der Waals surface area contributed by atoms with Crippen LogP contribution in [-0.4, -0.2) is 55.7 Å². The Bertz CT molecular complexity index is 1090. The third-order valence-corrected chi connectivity index (χ3v) is 12.2. The number of nitrogens with zero attached hydrogens (tertiary/aromatic N) is 1. The monoisotopic (exact) mass is 541 g/mol. The van der Waals surface area contributed by atoms with E-state index in [2.05, 4.69) is 41.1 Å². The third-order valence-electron chi connectivity index (χ3n) is 8.59. The second-order valence-corrected chi connectivity index (χ2v) is 17.7. The first kappa shape index (κ1) is 28.2. The number of ether oxygens (including phenoxy) is 1. The topological polar surface area (TPSA) is 112 Å². The summed E-state index contributed by atoms with van der Waals surface area (Å²) in [5.41, 5.74) is 8.59. The van der Waals surface area contributed by atoms with E-state index in [-0.39, 0.29) is 35.7 Å². The summed E-state index contributed by atoms with van der Waals surface area (Å²) in [6.07, 6.45) is 3.67. The summed E-state index contributed by atoms with van der Waals surface area (Å²) in [5.74, 6) is -0.157. The lowest BCUT2D eigenvalue weighted by Gasteiger charge is -2.49. The van der Waals surface area contributed by atoms with Crippen molar-refractivity contribution in [3.8, 4) is 0 Å². The third kappa shape index (κ3) is 5.20. The van der Waals surface area contributed by atoms with Crippen LogP contribution in [-0.2, 0) is 14.3 Å². The fraction of sp³-hybridized carbons (Fsp3) is 0.607. The number of nitrogens with one attached hydrogen (secondary N) is 4. The molecular weight excluding hydrogens is 498 g/mol. The molecule has 208 valence electrons. The summed E-state index contributed by atoms with van der Waals surface area (Å²) in [6.45, 7) is 13.1. The van der Waals surface area contributed by atoms with E-state index in [0.29, 0.717) is 19.4 Å². The Morgan fingerprint density at radius 3 is 2.42 bits per heavy atom. The summed E-state index contributed by atoms with van der Waals surface area (Å²) in [6, 6.07) is 8.80. The number of benzene rings is 1. The van der Waals surface area contributed by atoms with Crippen molar-refractivity contribution in [2.24, 2.45) is 0 Å². The Morgan fingerprint density at radius 2 is 1.84 bits per heavy atom. The van der Waals surface area contributed by atoms with Gasteiger partial charge in [-0.2, -0.15) is 0 Å². The number of urea groups is 1. The van der Waals surface area contributed by atoms with Crippen LogP contribution in [0.3, 0.4) is 0 Å². The maximum absolute atomic E-state index is 13.6. The molecule has 1 saturated carbocycles. The van der Waals surface area contributed by atoms with Gasteiger partial charge in [0.15, 0.2) is 0 Å². The van der Waals surface area contributed by atoms with E-state index < -0.39 is 19.7 Å². The summed E-state index contributed by atoms with van der Waals surface area (Å²) in [7, 11) is -1.71.